The molecule has 2 aromatic rings. The predicted molar refractivity (Wildman–Crippen MR) is 119 cm³/mol. The minimum absolute atomic E-state index is 0. The normalized spacial score (nSPS) is 15.6. The van der Waals surface area contributed by atoms with Crippen LogP contribution in [0.25, 0.3) is 0 Å². The second kappa shape index (κ2) is 11.1. The molecule has 0 atom stereocenters. The number of non-ortho nitro benzene ring substituents is 1. The number of esters is 1. The Kier molecular flexibility index (Phi) is 8.80. The number of carbonyl (C=O) groups excluding carboxylic acids is 1. The lowest BCUT2D eigenvalue weighted by Crippen LogP contribution is -2.48. The Hall–Kier alpha value is -2.45. The van der Waals surface area contributed by atoms with Crippen LogP contribution in [-0.4, -0.2) is 48.6 Å². The molecule has 1 aliphatic rings. The highest BCUT2D eigenvalue weighted by Crippen LogP contribution is 2.37. The molecule has 1 aliphatic heterocycles. The largest absolute Gasteiger partial charge is 0.492 e. The van der Waals surface area contributed by atoms with Gasteiger partial charge in [-0.15, -0.1) is 17.0 Å². The van der Waals surface area contributed by atoms with Crippen molar-refractivity contribution in [2.24, 2.45) is 0 Å². The Morgan fingerprint density at radius 1 is 1.13 bits per heavy atom. The topological polar surface area (TPSA) is 81.9 Å². The lowest BCUT2D eigenvalue weighted by molar-refractivity contribution is -0.384. The third-order valence-corrected chi connectivity index (χ3v) is 5.41. The number of nitro groups is 1. The van der Waals surface area contributed by atoms with E-state index in [2.05, 4.69) is 4.90 Å². The van der Waals surface area contributed by atoms with Crippen LogP contribution in [0.5, 0.6) is 5.75 Å². The molecule has 162 valence electrons. The summed E-state index contributed by atoms with van der Waals surface area (Å²) in [6, 6.07) is 16.0. The van der Waals surface area contributed by atoms with Gasteiger partial charge in [-0.05, 0) is 44.5 Å². The maximum Gasteiger partial charge on any atom is 0.316 e. The fraction of sp³-hybridized carbons (Fsp3) is 0.409. The van der Waals surface area contributed by atoms with E-state index in [1.807, 2.05) is 37.3 Å². The van der Waals surface area contributed by atoms with Crippen molar-refractivity contribution in [3.8, 4) is 5.75 Å². The third-order valence-electron chi connectivity index (χ3n) is 5.41. The fourth-order valence-corrected chi connectivity index (χ4v) is 3.77. The summed E-state index contributed by atoms with van der Waals surface area (Å²) >= 11 is 0. The minimum atomic E-state index is -0.603. The van der Waals surface area contributed by atoms with Crippen LogP contribution in [0, 0.1) is 10.1 Å². The minimum Gasteiger partial charge on any atom is -0.492 e. The smallest absolute Gasteiger partial charge is 0.316 e. The van der Waals surface area contributed by atoms with Gasteiger partial charge in [0.1, 0.15) is 12.4 Å². The number of carbonyl (C=O) groups is 1. The zero-order valence-electron chi connectivity index (χ0n) is 17.0. The molecule has 0 radical (unpaired) electrons. The van der Waals surface area contributed by atoms with Gasteiger partial charge in [0.05, 0.1) is 23.0 Å². The maximum absolute atomic E-state index is 12.8. The highest BCUT2D eigenvalue weighted by Gasteiger charge is 2.44. The first kappa shape index (κ1) is 23.8. The first-order chi connectivity index (χ1) is 14.0. The van der Waals surface area contributed by atoms with E-state index in [-0.39, 0.29) is 28.6 Å². The van der Waals surface area contributed by atoms with Crippen molar-refractivity contribution < 1.29 is 19.2 Å². The highest BCUT2D eigenvalue weighted by molar-refractivity contribution is 8.93. The number of nitro benzene ring substituents is 1. The van der Waals surface area contributed by atoms with E-state index in [0.717, 1.165) is 18.7 Å². The first-order valence-electron chi connectivity index (χ1n) is 9.87. The molecule has 0 unspecified atom stereocenters. The number of rotatable bonds is 8. The van der Waals surface area contributed by atoms with Gasteiger partial charge in [0.2, 0.25) is 0 Å². The number of hydrogen-bond donors (Lipinski definition) is 0. The first-order valence-corrected chi connectivity index (χ1v) is 9.87. The second-order valence-electron chi connectivity index (χ2n) is 7.11. The number of likely N-dealkylation sites (tertiary alicyclic amines) is 1. The van der Waals surface area contributed by atoms with Crippen molar-refractivity contribution in [3.05, 3.63) is 70.3 Å². The summed E-state index contributed by atoms with van der Waals surface area (Å²) in [7, 11) is 0. The van der Waals surface area contributed by atoms with Gasteiger partial charge in [0, 0.05) is 12.6 Å². The summed E-state index contributed by atoms with van der Waals surface area (Å²) in [6.45, 7) is 4.83. The molecule has 3 rings (SSSR count). The van der Waals surface area contributed by atoms with Gasteiger partial charge in [0.15, 0.2) is 0 Å². The van der Waals surface area contributed by atoms with Crippen LogP contribution < -0.4 is 4.74 Å². The Balaban J connectivity index is 0.00000320. The molecule has 2 aromatic carbocycles. The van der Waals surface area contributed by atoms with E-state index in [1.54, 1.807) is 12.1 Å². The van der Waals surface area contributed by atoms with Crippen molar-refractivity contribution in [2.45, 2.75) is 25.2 Å². The van der Waals surface area contributed by atoms with Crippen LogP contribution in [-0.2, 0) is 14.9 Å². The van der Waals surface area contributed by atoms with Crippen molar-refractivity contribution in [1.29, 1.82) is 0 Å². The third kappa shape index (κ3) is 5.58. The van der Waals surface area contributed by atoms with E-state index >= 15 is 0 Å². The van der Waals surface area contributed by atoms with Gasteiger partial charge >= 0.3 is 5.97 Å². The predicted octanol–water partition coefficient (Wildman–Crippen LogP) is 4.15. The van der Waals surface area contributed by atoms with Gasteiger partial charge in [-0.1, -0.05) is 36.4 Å². The van der Waals surface area contributed by atoms with Gasteiger partial charge in [-0.2, -0.15) is 0 Å². The molecule has 0 spiro atoms. The number of ether oxygens (including phenoxy) is 2. The molecule has 0 N–H and O–H groups in total. The Labute approximate surface area is 186 Å². The molecule has 1 heterocycles. The van der Waals surface area contributed by atoms with Gasteiger partial charge in [-0.25, -0.2) is 0 Å². The molecule has 7 nitrogen and oxygen atoms in total. The number of hydrogen-bond acceptors (Lipinski definition) is 6. The van der Waals surface area contributed by atoms with E-state index in [1.165, 1.54) is 12.1 Å². The van der Waals surface area contributed by atoms with E-state index < -0.39 is 10.3 Å². The van der Waals surface area contributed by atoms with E-state index in [0.29, 0.717) is 38.3 Å². The lowest BCUT2D eigenvalue weighted by atomic mass is 9.72. The quantitative estimate of drug-likeness (QED) is 0.322. The second-order valence-corrected chi connectivity index (χ2v) is 7.11. The van der Waals surface area contributed by atoms with Crippen LogP contribution in [0.2, 0.25) is 0 Å². The number of benzene rings is 2. The molecular formula is C22H27BrN2O5. The van der Waals surface area contributed by atoms with Crippen molar-refractivity contribution in [2.75, 3.05) is 32.8 Å². The molecular weight excluding hydrogens is 452 g/mol. The zero-order valence-corrected chi connectivity index (χ0v) is 18.7. The summed E-state index contributed by atoms with van der Waals surface area (Å²) in [5, 5.41) is 10.9. The van der Waals surface area contributed by atoms with E-state index in [9.17, 15) is 14.9 Å². The molecule has 0 aromatic heterocycles. The molecule has 30 heavy (non-hydrogen) atoms. The molecule has 1 fully saturated rings. The molecule has 8 heteroatoms. The molecule has 0 amide bonds. The monoisotopic (exact) mass is 478 g/mol. The highest BCUT2D eigenvalue weighted by atomic mass is 79.9. The Morgan fingerprint density at radius 3 is 2.47 bits per heavy atom. The zero-order chi connectivity index (χ0) is 20.7. The number of piperidine rings is 1. The van der Waals surface area contributed by atoms with Gasteiger partial charge in [0.25, 0.3) is 5.69 Å². The lowest BCUT2D eigenvalue weighted by Gasteiger charge is -2.40. The standard InChI is InChI=1S/C22H26N2O5.BrH/c1-2-28-21(25)22(18-7-4-3-5-8-18)11-13-23(14-12-22)15-16-29-20-10-6-9-19(17-20)24(26)27;/h3-10,17H,2,11-16H2,1H3;1H. The molecule has 0 saturated carbocycles. The van der Waals surface area contributed by atoms with Gasteiger partial charge in [-0.3, -0.25) is 19.8 Å². The SMILES string of the molecule is Br.CCOC(=O)C1(c2ccccc2)CCN(CCOc2cccc([N+](=O)[O-])c2)CC1. The fourth-order valence-electron chi connectivity index (χ4n) is 3.77. The average molecular weight is 479 g/mol. The van der Waals surface area contributed by atoms with Crippen molar-refractivity contribution >= 4 is 28.6 Å². The summed E-state index contributed by atoms with van der Waals surface area (Å²) in [6.07, 6.45) is 1.37. The molecule has 0 bridgehead atoms. The summed E-state index contributed by atoms with van der Waals surface area (Å²) in [5.74, 6) is 0.333. The molecule has 1 saturated heterocycles. The van der Waals surface area contributed by atoms with Crippen LogP contribution >= 0.6 is 17.0 Å². The summed E-state index contributed by atoms with van der Waals surface area (Å²) in [5.41, 5.74) is 0.419. The van der Waals surface area contributed by atoms with E-state index in [4.69, 9.17) is 9.47 Å². The van der Waals surface area contributed by atoms with Crippen molar-refractivity contribution in [1.82, 2.24) is 4.90 Å². The van der Waals surface area contributed by atoms with Crippen molar-refractivity contribution in [3.63, 3.8) is 0 Å². The average Bonchev–Trinajstić information content (AvgIpc) is 2.75. The Bertz CT molecular complexity index is 838. The summed E-state index contributed by atoms with van der Waals surface area (Å²) < 4.78 is 11.1. The number of halogens is 1. The molecule has 0 aliphatic carbocycles. The number of nitrogens with zero attached hydrogens (tertiary/aromatic N) is 2. The van der Waals surface area contributed by atoms with Crippen LogP contribution in [0.3, 0.4) is 0 Å². The van der Waals surface area contributed by atoms with Crippen LogP contribution in [0.15, 0.2) is 54.6 Å². The maximum atomic E-state index is 12.8. The van der Waals surface area contributed by atoms with Gasteiger partial charge < -0.3 is 9.47 Å². The van der Waals surface area contributed by atoms with Crippen LogP contribution in [0.4, 0.5) is 5.69 Å². The summed E-state index contributed by atoms with van der Waals surface area (Å²) in [4.78, 5) is 25.5. The Morgan fingerprint density at radius 2 is 1.83 bits per heavy atom. The van der Waals surface area contributed by atoms with Crippen LogP contribution in [0.1, 0.15) is 25.3 Å².